The third-order valence-corrected chi connectivity index (χ3v) is 4.28. The molecule has 2 aromatic heterocycles. The van der Waals surface area contributed by atoms with Crippen LogP contribution in [0.4, 0.5) is 5.69 Å². The Morgan fingerprint density at radius 3 is 2.92 bits per heavy atom. The second kappa shape index (κ2) is 5.67. The Morgan fingerprint density at radius 2 is 2.12 bits per heavy atom. The van der Waals surface area contributed by atoms with Crippen molar-refractivity contribution in [3.63, 3.8) is 0 Å². The molecule has 0 aliphatic heterocycles. The van der Waals surface area contributed by atoms with E-state index in [1.54, 1.807) is 31.2 Å². The van der Waals surface area contributed by atoms with Crippen LogP contribution in [0.25, 0.3) is 17.2 Å². The molecule has 4 rings (SSSR count). The monoisotopic (exact) mass is 322 g/mol. The number of carbonyl (C=O) groups excluding carboxylic acids is 1. The van der Waals surface area contributed by atoms with Gasteiger partial charge in [-0.2, -0.15) is 0 Å². The maximum absolute atomic E-state index is 12.0. The number of furan rings is 1. The molecule has 0 spiro atoms. The maximum Gasteiger partial charge on any atom is 0.248 e. The number of anilines is 1. The van der Waals surface area contributed by atoms with Crippen molar-refractivity contribution in [3.8, 4) is 0 Å². The summed E-state index contributed by atoms with van der Waals surface area (Å²) in [5.74, 6) is 3.33. The van der Waals surface area contributed by atoms with Gasteiger partial charge in [0.25, 0.3) is 0 Å². The summed E-state index contributed by atoms with van der Waals surface area (Å²) in [7, 11) is 0. The number of rotatable bonds is 4. The molecule has 24 heavy (non-hydrogen) atoms. The minimum Gasteiger partial charge on any atom is -0.461 e. The standard InChI is InChI=1S/C19H18N2O3/c1-11-9-15(11)17-7-4-14(24-17)5-8-19(22)21-13-3-6-18-16(10-13)20-12(2)23-18/h3-8,10-11,15H,9H2,1-2H3,(H,21,22)/b8-5+. The van der Waals surface area contributed by atoms with Crippen molar-refractivity contribution in [1.29, 1.82) is 0 Å². The molecule has 1 saturated carbocycles. The average molecular weight is 322 g/mol. The summed E-state index contributed by atoms with van der Waals surface area (Å²) >= 11 is 0. The Morgan fingerprint density at radius 1 is 1.29 bits per heavy atom. The quantitative estimate of drug-likeness (QED) is 0.718. The first-order valence-electron chi connectivity index (χ1n) is 8.04. The molecule has 2 atom stereocenters. The molecular weight excluding hydrogens is 304 g/mol. The van der Waals surface area contributed by atoms with Gasteiger partial charge in [0, 0.05) is 24.6 Å². The van der Waals surface area contributed by atoms with Gasteiger partial charge in [0.2, 0.25) is 5.91 Å². The Bertz CT molecular complexity index is 935. The molecule has 1 N–H and O–H groups in total. The third-order valence-electron chi connectivity index (χ3n) is 4.28. The van der Waals surface area contributed by atoms with Crippen molar-refractivity contribution in [1.82, 2.24) is 4.98 Å². The number of amides is 1. The highest BCUT2D eigenvalue weighted by Gasteiger charge is 2.36. The van der Waals surface area contributed by atoms with E-state index in [4.69, 9.17) is 8.83 Å². The van der Waals surface area contributed by atoms with E-state index < -0.39 is 0 Å². The summed E-state index contributed by atoms with van der Waals surface area (Å²) in [6.07, 6.45) is 4.34. The molecule has 1 aliphatic rings. The molecule has 1 aliphatic carbocycles. The molecule has 3 aromatic rings. The van der Waals surface area contributed by atoms with E-state index in [1.165, 1.54) is 12.5 Å². The fraction of sp³-hybridized carbons (Fsp3) is 0.263. The number of oxazole rings is 1. The number of aryl methyl sites for hydroxylation is 1. The van der Waals surface area contributed by atoms with E-state index in [2.05, 4.69) is 17.2 Å². The lowest BCUT2D eigenvalue weighted by Crippen LogP contribution is -2.07. The molecule has 2 unspecified atom stereocenters. The van der Waals surface area contributed by atoms with Crippen LogP contribution in [-0.4, -0.2) is 10.9 Å². The van der Waals surface area contributed by atoms with Gasteiger partial charge in [-0.05, 0) is 48.7 Å². The van der Waals surface area contributed by atoms with E-state index in [0.29, 0.717) is 34.8 Å². The normalized spacial score (nSPS) is 19.9. The molecule has 0 saturated heterocycles. The van der Waals surface area contributed by atoms with Crippen LogP contribution in [0.1, 0.15) is 36.7 Å². The van der Waals surface area contributed by atoms with Gasteiger partial charge < -0.3 is 14.2 Å². The number of nitrogens with zero attached hydrogens (tertiary/aromatic N) is 1. The Hall–Kier alpha value is -2.82. The molecule has 1 fully saturated rings. The van der Waals surface area contributed by atoms with Crippen LogP contribution in [0.15, 0.2) is 45.2 Å². The van der Waals surface area contributed by atoms with Crippen LogP contribution >= 0.6 is 0 Å². The van der Waals surface area contributed by atoms with Gasteiger partial charge >= 0.3 is 0 Å². The lowest BCUT2D eigenvalue weighted by molar-refractivity contribution is -0.111. The number of aromatic nitrogens is 1. The van der Waals surface area contributed by atoms with Crippen molar-refractivity contribution in [2.24, 2.45) is 5.92 Å². The molecule has 0 radical (unpaired) electrons. The minimum absolute atomic E-state index is 0.215. The van der Waals surface area contributed by atoms with Gasteiger partial charge in [-0.3, -0.25) is 4.79 Å². The van der Waals surface area contributed by atoms with Crippen LogP contribution in [0.2, 0.25) is 0 Å². The number of hydrogen-bond acceptors (Lipinski definition) is 4. The summed E-state index contributed by atoms with van der Waals surface area (Å²) in [4.78, 5) is 16.3. The Balaban J connectivity index is 1.42. The smallest absolute Gasteiger partial charge is 0.248 e. The number of carbonyl (C=O) groups is 1. The summed E-state index contributed by atoms with van der Waals surface area (Å²) < 4.78 is 11.2. The predicted octanol–water partition coefficient (Wildman–Crippen LogP) is 4.50. The number of fused-ring (bicyclic) bond motifs is 1. The van der Waals surface area contributed by atoms with Crippen LogP contribution in [-0.2, 0) is 4.79 Å². The van der Waals surface area contributed by atoms with Crippen molar-refractivity contribution in [3.05, 3.63) is 53.8 Å². The topological polar surface area (TPSA) is 68.3 Å². The summed E-state index contributed by atoms with van der Waals surface area (Å²) in [6, 6.07) is 9.26. The van der Waals surface area contributed by atoms with Gasteiger partial charge in [-0.15, -0.1) is 0 Å². The SMILES string of the molecule is Cc1nc2cc(NC(=O)/C=C/c3ccc(C4CC4C)o3)ccc2o1. The van der Waals surface area contributed by atoms with Crippen LogP contribution in [0.3, 0.4) is 0 Å². The first-order chi connectivity index (χ1) is 11.6. The first kappa shape index (κ1) is 14.8. The molecule has 2 heterocycles. The zero-order valence-electron chi connectivity index (χ0n) is 13.6. The van der Waals surface area contributed by atoms with Crippen LogP contribution in [0.5, 0.6) is 0 Å². The minimum atomic E-state index is -0.215. The number of hydrogen-bond donors (Lipinski definition) is 1. The second-order valence-corrected chi connectivity index (χ2v) is 6.30. The average Bonchev–Trinajstić information content (AvgIpc) is 2.97. The van der Waals surface area contributed by atoms with Crippen molar-refractivity contribution < 1.29 is 13.6 Å². The van der Waals surface area contributed by atoms with E-state index in [9.17, 15) is 4.79 Å². The fourth-order valence-electron chi connectivity index (χ4n) is 2.84. The van der Waals surface area contributed by atoms with Gasteiger partial charge in [-0.25, -0.2) is 4.98 Å². The molecule has 5 heteroatoms. The zero-order valence-corrected chi connectivity index (χ0v) is 13.6. The summed E-state index contributed by atoms with van der Waals surface area (Å²) in [6.45, 7) is 4.00. The van der Waals surface area contributed by atoms with E-state index >= 15 is 0 Å². The van der Waals surface area contributed by atoms with Crippen molar-refractivity contribution in [2.45, 2.75) is 26.2 Å². The largest absolute Gasteiger partial charge is 0.461 e. The first-order valence-corrected chi connectivity index (χ1v) is 8.04. The molecular formula is C19H18N2O3. The van der Waals surface area contributed by atoms with Crippen LogP contribution < -0.4 is 5.32 Å². The highest BCUT2D eigenvalue weighted by Crippen LogP contribution is 2.47. The van der Waals surface area contributed by atoms with E-state index in [0.717, 1.165) is 11.3 Å². The molecule has 122 valence electrons. The summed E-state index contributed by atoms with van der Waals surface area (Å²) in [5.41, 5.74) is 2.11. The summed E-state index contributed by atoms with van der Waals surface area (Å²) in [5, 5.41) is 2.81. The maximum atomic E-state index is 12.0. The van der Waals surface area contributed by atoms with Gasteiger partial charge in [0.1, 0.15) is 17.0 Å². The second-order valence-electron chi connectivity index (χ2n) is 6.30. The number of benzene rings is 1. The zero-order chi connectivity index (χ0) is 16.7. The van der Waals surface area contributed by atoms with Gasteiger partial charge in [0.05, 0.1) is 0 Å². The van der Waals surface area contributed by atoms with Crippen LogP contribution in [0, 0.1) is 12.8 Å². The predicted molar refractivity (Wildman–Crippen MR) is 91.6 cm³/mol. The third kappa shape index (κ3) is 2.97. The fourth-order valence-corrected chi connectivity index (χ4v) is 2.84. The van der Waals surface area contributed by atoms with Crippen molar-refractivity contribution in [2.75, 3.05) is 5.32 Å². The van der Waals surface area contributed by atoms with E-state index in [1.807, 2.05) is 12.1 Å². The van der Waals surface area contributed by atoms with E-state index in [-0.39, 0.29) is 5.91 Å². The molecule has 5 nitrogen and oxygen atoms in total. The Labute approximate surface area is 139 Å². The molecule has 1 amide bonds. The highest BCUT2D eigenvalue weighted by molar-refractivity contribution is 6.02. The lowest BCUT2D eigenvalue weighted by atomic mass is 10.2. The Kier molecular flexibility index (Phi) is 3.49. The van der Waals surface area contributed by atoms with Gasteiger partial charge in [-0.1, -0.05) is 6.92 Å². The lowest BCUT2D eigenvalue weighted by Gasteiger charge is -2.00. The van der Waals surface area contributed by atoms with Crippen molar-refractivity contribution >= 4 is 28.8 Å². The molecule has 1 aromatic carbocycles. The molecule has 0 bridgehead atoms. The van der Waals surface area contributed by atoms with Gasteiger partial charge in [0.15, 0.2) is 11.5 Å². The highest BCUT2D eigenvalue weighted by atomic mass is 16.3. The number of nitrogens with one attached hydrogen (secondary N) is 1.